The molecule has 1 rings (SSSR count). The molecule has 2 atom stereocenters. The van der Waals surface area contributed by atoms with E-state index < -0.39 is 12.2 Å². The van der Waals surface area contributed by atoms with Crippen LogP contribution in [0, 0.1) is 5.92 Å². The second-order valence-corrected chi connectivity index (χ2v) is 4.42. The van der Waals surface area contributed by atoms with Gasteiger partial charge in [0, 0.05) is 7.05 Å². The van der Waals surface area contributed by atoms with Gasteiger partial charge in [-0.3, -0.25) is 4.68 Å². The number of nitrogens with zero attached hydrogens (tertiary/aromatic N) is 2. The molecule has 0 aromatic carbocycles. The van der Waals surface area contributed by atoms with Crippen molar-refractivity contribution in [3.05, 3.63) is 16.9 Å². The normalized spacial score (nSPS) is 15.4. The van der Waals surface area contributed by atoms with Gasteiger partial charge in [0.2, 0.25) is 0 Å². The van der Waals surface area contributed by atoms with Gasteiger partial charge in [-0.2, -0.15) is 5.10 Å². The van der Waals surface area contributed by atoms with Gasteiger partial charge in [-0.05, 0) is 5.92 Å². The van der Waals surface area contributed by atoms with Crippen molar-refractivity contribution in [3.63, 3.8) is 0 Å². The molecule has 92 valence electrons. The van der Waals surface area contributed by atoms with Crippen LogP contribution in [0.3, 0.4) is 0 Å². The van der Waals surface area contributed by atoms with Gasteiger partial charge >= 0.3 is 0 Å². The maximum Gasteiger partial charge on any atom is 0.123 e. The molecule has 2 N–H and O–H groups in total. The number of aliphatic hydroxyl groups excluding tert-OH is 2. The van der Waals surface area contributed by atoms with Crippen LogP contribution in [0.5, 0.6) is 0 Å². The third-order valence-corrected chi connectivity index (χ3v) is 3.36. The minimum absolute atomic E-state index is 0.0703. The average Bonchev–Trinajstić information content (AvgIpc) is 2.59. The molecule has 0 bridgehead atoms. The van der Waals surface area contributed by atoms with Gasteiger partial charge < -0.3 is 10.2 Å². The van der Waals surface area contributed by atoms with Crippen molar-refractivity contribution in [2.45, 2.75) is 38.9 Å². The fourth-order valence-electron chi connectivity index (χ4n) is 1.94. The van der Waals surface area contributed by atoms with Gasteiger partial charge in [-0.25, -0.2) is 0 Å². The zero-order valence-electron chi connectivity index (χ0n) is 9.89. The molecule has 0 saturated carbocycles. The van der Waals surface area contributed by atoms with Crippen LogP contribution in [0.15, 0.2) is 6.20 Å². The van der Waals surface area contributed by atoms with Crippen LogP contribution in [0.25, 0.3) is 0 Å². The van der Waals surface area contributed by atoms with E-state index in [1.54, 1.807) is 7.05 Å². The molecule has 0 radical (unpaired) electrons. The Morgan fingerprint density at radius 2 is 1.94 bits per heavy atom. The third-order valence-electron chi connectivity index (χ3n) is 3.07. The largest absolute Gasteiger partial charge is 0.390 e. The van der Waals surface area contributed by atoms with E-state index in [-0.39, 0.29) is 5.92 Å². The first-order chi connectivity index (χ1) is 7.52. The molecule has 1 heterocycles. The summed E-state index contributed by atoms with van der Waals surface area (Å²) in [5.74, 6) is 0.0703. The van der Waals surface area contributed by atoms with Gasteiger partial charge in [0.15, 0.2) is 0 Å². The van der Waals surface area contributed by atoms with Gasteiger partial charge in [0.25, 0.3) is 0 Å². The first kappa shape index (κ1) is 13.5. The minimum atomic E-state index is -0.982. The third kappa shape index (κ3) is 2.56. The summed E-state index contributed by atoms with van der Waals surface area (Å²) in [4.78, 5) is 0. The zero-order chi connectivity index (χ0) is 12.3. The number of hydrogen-bond acceptors (Lipinski definition) is 3. The van der Waals surface area contributed by atoms with E-state index in [1.165, 1.54) is 10.9 Å². The number of rotatable bonds is 5. The Hall–Kier alpha value is -0.580. The SMILES string of the molecule is CCC(CC)C(O)C(O)c1c(Cl)cnn1C. The predicted octanol–water partition coefficient (Wildman–Crippen LogP) is 1.90. The van der Waals surface area contributed by atoms with Gasteiger partial charge in [0.05, 0.1) is 23.0 Å². The van der Waals surface area contributed by atoms with E-state index >= 15 is 0 Å². The summed E-state index contributed by atoms with van der Waals surface area (Å²) in [5, 5.41) is 24.5. The molecule has 2 unspecified atom stereocenters. The Balaban J connectivity index is 2.89. The highest BCUT2D eigenvalue weighted by Gasteiger charge is 2.28. The Kier molecular flexibility index (Phi) is 4.77. The summed E-state index contributed by atoms with van der Waals surface area (Å²) in [6.45, 7) is 3.99. The van der Waals surface area contributed by atoms with Crippen molar-refractivity contribution in [3.8, 4) is 0 Å². The highest BCUT2D eigenvalue weighted by molar-refractivity contribution is 6.31. The average molecular weight is 247 g/mol. The van der Waals surface area contributed by atoms with Crippen LogP contribution < -0.4 is 0 Å². The second-order valence-electron chi connectivity index (χ2n) is 4.01. The lowest BCUT2D eigenvalue weighted by atomic mass is 9.91. The number of aryl methyl sites for hydroxylation is 1. The van der Waals surface area contributed by atoms with Crippen molar-refractivity contribution >= 4 is 11.6 Å². The molecule has 0 aliphatic rings. The van der Waals surface area contributed by atoms with Gasteiger partial charge in [-0.1, -0.05) is 38.3 Å². The summed E-state index contributed by atoms with van der Waals surface area (Å²) >= 11 is 5.92. The maximum atomic E-state index is 10.1. The van der Waals surface area contributed by atoms with Crippen LogP contribution in [0.1, 0.15) is 38.5 Å². The van der Waals surface area contributed by atoms with Crippen LogP contribution in [0.4, 0.5) is 0 Å². The maximum absolute atomic E-state index is 10.1. The lowest BCUT2D eigenvalue weighted by molar-refractivity contribution is -0.0247. The first-order valence-corrected chi connectivity index (χ1v) is 5.94. The molecule has 5 heteroatoms. The molecule has 1 aromatic rings. The van der Waals surface area contributed by atoms with Crippen LogP contribution in [-0.2, 0) is 7.05 Å². The first-order valence-electron chi connectivity index (χ1n) is 5.56. The monoisotopic (exact) mass is 246 g/mol. The summed E-state index contributed by atoms with van der Waals surface area (Å²) in [6, 6.07) is 0. The van der Waals surface area contributed by atoms with E-state index in [4.69, 9.17) is 11.6 Å². The molecule has 0 spiro atoms. The number of halogens is 1. The summed E-state index contributed by atoms with van der Waals surface area (Å²) in [7, 11) is 1.70. The molecular formula is C11H19ClN2O2. The van der Waals surface area contributed by atoms with Gasteiger partial charge in [0.1, 0.15) is 6.10 Å². The van der Waals surface area contributed by atoms with E-state index in [9.17, 15) is 10.2 Å². The van der Waals surface area contributed by atoms with Crippen molar-refractivity contribution in [2.75, 3.05) is 0 Å². The Morgan fingerprint density at radius 1 is 1.38 bits per heavy atom. The topological polar surface area (TPSA) is 58.3 Å². The molecule has 0 fully saturated rings. The molecule has 16 heavy (non-hydrogen) atoms. The van der Waals surface area contributed by atoms with E-state index in [1.807, 2.05) is 13.8 Å². The fourth-order valence-corrected chi connectivity index (χ4v) is 2.22. The fraction of sp³-hybridized carbons (Fsp3) is 0.727. The Morgan fingerprint density at radius 3 is 2.31 bits per heavy atom. The van der Waals surface area contributed by atoms with Crippen molar-refractivity contribution in [1.82, 2.24) is 9.78 Å². The number of hydrogen-bond donors (Lipinski definition) is 2. The summed E-state index contributed by atoms with van der Waals surface area (Å²) in [6.07, 6.45) is 1.33. The van der Waals surface area contributed by atoms with Gasteiger partial charge in [-0.15, -0.1) is 0 Å². The van der Waals surface area contributed by atoms with Crippen LogP contribution >= 0.6 is 11.6 Å². The Labute approximate surface area is 101 Å². The number of aromatic nitrogens is 2. The van der Waals surface area contributed by atoms with E-state index in [2.05, 4.69) is 5.10 Å². The zero-order valence-corrected chi connectivity index (χ0v) is 10.6. The molecule has 4 nitrogen and oxygen atoms in total. The second kappa shape index (κ2) is 5.66. The minimum Gasteiger partial charge on any atom is -0.390 e. The number of aliphatic hydroxyl groups is 2. The lowest BCUT2D eigenvalue weighted by Crippen LogP contribution is -2.28. The molecule has 0 saturated heterocycles. The Bertz CT molecular complexity index is 317. The van der Waals surface area contributed by atoms with Crippen molar-refractivity contribution in [1.29, 1.82) is 0 Å². The molecular weight excluding hydrogens is 228 g/mol. The predicted molar refractivity (Wildman–Crippen MR) is 63.3 cm³/mol. The molecule has 0 aliphatic carbocycles. The quantitative estimate of drug-likeness (QED) is 0.834. The smallest absolute Gasteiger partial charge is 0.123 e. The summed E-state index contributed by atoms with van der Waals surface area (Å²) in [5.41, 5.74) is 0.473. The standard InChI is InChI=1S/C11H19ClN2O2/c1-4-7(5-2)10(15)11(16)9-8(12)6-13-14(9)3/h6-7,10-11,15-16H,4-5H2,1-3H3. The van der Waals surface area contributed by atoms with E-state index in [0.29, 0.717) is 10.7 Å². The molecule has 0 amide bonds. The highest BCUT2D eigenvalue weighted by Crippen LogP contribution is 2.29. The van der Waals surface area contributed by atoms with E-state index in [0.717, 1.165) is 12.8 Å². The lowest BCUT2D eigenvalue weighted by Gasteiger charge is -2.25. The van der Waals surface area contributed by atoms with Crippen molar-refractivity contribution in [2.24, 2.45) is 13.0 Å². The molecule has 0 aliphatic heterocycles. The highest BCUT2D eigenvalue weighted by atomic mass is 35.5. The van der Waals surface area contributed by atoms with Crippen molar-refractivity contribution < 1.29 is 10.2 Å². The summed E-state index contributed by atoms with van der Waals surface area (Å²) < 4.78 is 1.50. The van der Waals surface area contributed by atoms with Crippen LogP contribution in [0.2, 0.25) is 5.02 Å². The molecule has 1 aromatic heterocycles. The van der Waals surface area contributed by atoms with Crippen LogP contribution in [-0.4, -0.2) is 26.1 Å².